The van der Waals surface area contributed by atoms with Crippen LogP contribution in [0, 0.1) is 0 Å². The van der Waals surface area contributed by atoms with Crippen LogP contribution < -0.4 is 9.64 Å². The first kappa shape index (κ1) is 18.3. The average Bonchev–Trinajstić information content (AvgIpc) is 3.16. The number of ether oxygens (including phenoxy) is 1. The molecule has 0 spiro atoms. The van der Waals surface area contributed by atoms with Gasteiger partial charge in [-0.15, -0.1) is 0 Å². The minimum atomic E-state index is -0.115. The molecule has 1 aromatic heterocycles. The number of fused-ring (bicyclic) bond motifs is 1. The van der Waals surface area contributed by atoms with Gasteiger partial charge in [-0.25, -0.2) is 4.79 Å². The molecule has 0 aliphatic rings. The van der Waals surface area contributed by atoms with Crippen LogP contribution in [0.4, 0.5) is 10.5 Å². The first-order valence-electron chi connectivity index (χ1n) is 8.93. The fraction of sp³-hybridized carbons (Fsp3) is 0.0870. The standard InChI is InChI=1S/C23H19BrN2O2/c1-28-19-11-12-21-18(15-19)13-14-25(21)23(27)26(16-17-7-3-2-4-8-17)22-10-6-5-9-20(22)24/h2-15H,16H2,1H3. The van der Waals surface area contributed by atoms with Crippen molar-refractivity contribution in [2.75, 3.05) is 12.0 Å². The second-order valence-corrected chi connectivity index (χ2v) is 7.27. The summed E-state index contributed by atoms with van der Waals surface area (Å²) in [4.78, 5) is 15.3. The van der Waals surface area contributed by atoms with Gasteiger partial charge in [0.15, 0.2) is 0 Å². The molecule has 1 amide bonds. The predicted molar refractivity (Wildman–Crippen MR) is 116 cm³/mol. The molecule has 5 heteroatoms. The lowest BCUT2D eigenvalue weighted by atomic mass is 10.2. The van der Waals surface area contributed by atoms with Crippen LogP contribution in [0.2, 0.25) is 0 Å². The Hall–Kier alpha value is -3.05. The van der Waals surface area contributed by atoms with E-state index < -0.39 is 0 Å². The summed E-state index contributed by atoms with van der Waals surface area (Å²) in [6, 6.07) is 25.3. The van der Waals surface area contributed by atoms with Crippen LogP contribution in [0.1, 0.15) is 5.56 Å². The Labute approximate surface area is 172 Å². The van der Waals surface area contributed by atoms with Gasteiger partial charge < -0.3 is 4.74 Å². The van der Waals surface area contributed by atoms with Crippen LogP contribution in [-0.2, 0) is 6.54 Å². The van der Waals surface area contributed by atoms with E-state index in [-0.39, 0.29) is 6.03 Å². The molecule has 4 rings (SSSR count). The Bertz CT molecular complexity index is 1120. The number of rotatable bonds is 4. The molecule has 0 fully saturated rings. The Balaban J connectivity index is 1.78. The van der Waals surface area contributed by atoms with Gasteiger partial charge in [-0.2, -0.15) is 0 Å². The fourth-order valence-electron chi connectivity index (χ4n) is 3.24. The summed E-state index contributed by atoms with van der Waals surface area (Å²) in [5, 5.41) is 0.958. The lowest BCUT2D eigenvalue weighted by Gasteiger charge is -2.25. The molecule has 0 atom stereocenters. The number of anilines is 1. The molecule has 0 saturated carbocycles. The van der Waals surface area contributed by atoms with E-state index in [2.05, 4.69) is 15.9 Å². The summed E-state index contributed by atoms with van der Waals surface area (Å²) in [7, 11) is 1.64. The minimum Gasteiger partial charge on any atom is -0.497 e. The van der Waals surface area contributed by atoms with E-state index in [9.17, 15) is 4.79 Å². The Morgan fingerprint density at radius 2 is 1.75 bits per heavy atom. The third kappa shape index (κ3) is 3.53. The molecule has 0 N–H and O–H groups in total. The number of amides is 1. The number of hydrogen-bond acceptors (Lipinski definition) is 2. The van der Waals surface area contributed by atoms with Crippen LogP contribution in [0.5, 0.6) is 5.75 Å². The number of nitrogens with zero attached hydrogens (tertiary/aromatic N) is 2. The normalized spacial score (nSPS) is 10.8. The van der Waals surface area contributed by atoms with Gasteiger partial charge in [-0.3, -0.25) is 9.47 Å². The fourth-order valence-corrected chi connectivity index (χ4v) is 3.74. The van der Waals surface area contributed by atoms with Gasteiger partial charge >= 0.3 is 6.03 Å². The van der Waals surface area contributed by atoms with Crippen molar-refractivity contribution in [1.82, 2.24) is 4.57 Å². The van der Waals surface area contributed by atoms with E-state index in [0.717, 1.165) is 32.4 Å². The van der Waals surface area contributed by atoms with Crippen LogP contribution in [0.3, 0.4) is 0 Å². The molecule has 0 aliphatic carbocycles. The molecule has 0 bridgehead atoms. The second-order valence-electron chi connectivity index (χ2n) is 6.42. The third-order valence-electron chi connectivity index (χ3n) is 4.66. The van der Waals surface area contributed by atoms with Crippen molar-refractivity contribution >= 4 is 38.6 Å². The number of carbonyl (C=O) groups excluding carboxylic acids is 1. The van der Waals surface area contributed by atoms with Gasteiger partial charge in [0.05, 0.1) is 24.9 Å². The number of benzene rings is 3. The number of methoxy groups -OCH3 is 1. The summed E-state index contributed by atoms with van der Waals surface area (Å²) in [5.74, 6) is 0.768. The molecule has 0 saturated heterocycles. The molecule has 140 valence electrons. The summed E-state index contributed by atoms with van der Waals surface area (Å²) in [6.07, 6.45) is 1.81. The molecular formula is C23H19BrN2O2. The molecule has 4 aromatic rings. The molecule has 1 heterocycles. The van der Waals surface area contributed by atoms with Gasteiger partial charge in [-0.1, -0.05) is 42.5 Å². The van der Waals surface area contributed by atoms with E-state index in [0.29, 0.717) is 6.54 Å². The van der Waals surface area contributed by atoms with Crippen molar-refractivity contribution in [3.8, 4) is 5.75 Å². The van der Waals surface area contributed by atoms with Crippen LogP contribution in [0.15, 0.2) is 89.5 Å². The lowest BCUT2D eigenvalue weighted by molar-refractivity contribution is 0.248. The lowest BCUT2D eigenvalue weighted by Crippen LogP contribution is -2.34. The highest BCUT2D eigenvalue weighted by atomic mass is 79.9. The maximum Gasteiger partial charge on any atom is 0.333 e. The van der Waals surface area contributed by atoms with Crippen molar-refractivity contribution in [3.63, 3.8) is 0 Å². The monoisotopic (exact) mass is 434 g/mol. The molecular weight excluding hydrogens is 416 g/mol. The van der Waals surface area contributed by atoms with Crippen molar-refractivity contribution in [2.24, 2.45) is 0 Å². The molecule has 0 aliphatic heterocycles. The van der Waals surface area contributed by atoms with E-state index in [1.54, 1.807) is 22.8 Å². The largest absolute Gasteiger partial charge is 0.497 e. The molecule has 0 radical (unpaired) electrons. The summed E-state index contributed by atoms with van der Waals surface area (Å²) in [6.45, 7) is 0.470. The smallest absolute Gasteiger partial charge is 0.333 e. The van der Waals surface area contributed by atoms with E-state index in [1.807, 2.05) is 78.9 Å². The molecule has 0 unspecified atom stereocenters. The van der Waals surface area contributed by atoms with Crippen molar-refractivity contribution in [1.29, 1.82) is 0 Å². The average molecular weight is 435 g/mol. The van der Waals surface area contributed by atoms with Crippen molar-refractivity contribution < 1.29 is 9.53 Å². The number of hydrogen-bond donors (Lipinski definition) is 0. The van der Waals surface area contributed by atoms with Crippen molar-refractivity contribution in [3.05, 3.63) is 95.1 Å². The first-order valence-corrected chi connectivity index (χ1v) is 9.72. The maximum atomic E-state index is 13.6. The quantitative estimate of drug-likeness (QED) is 0.389. The molecule has 4 nitrogen and oxygen atoms in total. The summed E-state index contributed by atoms with van der Waals surface area (Å²) < 4.78 is 7.84. The van der Waals surface area contributed by atoms with Crippen LogP contribution >= 0.6 is 15.9 Å². The highest BCUT2D eigenvalue weighted by Crippen LogP contribution is 2.29. The zero-order valence-electron chi connectivity index (χ0n) is 15.4. The van der Waals surface area contributed by atoms with Gasteiger partial charge in [-0.05, 0) is 57.9 Å². The predicted octanol–water partition coefficient (Wildman–Crippen LogP) is 6.09. The number of para-hydroxylation sites is 1. The first-order chi connectivity index (χ1) is 13.7. The number of halogens is 1. The van der Waals surface area contributed by atoms with E-state index >= 15 is 0 Å². The Kier molecular flexibility index (Phi) is 5.17. The SMILES string of the molecule is COc1ccc2c(ccn2C(=O)N(Cc2ccccc2)c2ccccc2Br)c1. The van der Waals surface area contributed by atoms with Gasteiger partial charge in [0.25, 0.3) is 0 Å². The van der Waals surface area contributed by atoms with E-state index in [1.165, 1.54) is 0 Å². The number of carbonyl (C=O) groups is 1. The molecule has 3 aromatic carbocycles. The van der Waals surface area contributed by atoms with Crippen LogP contribution in [0.25, 0.3) is 10.9 Å². The number of aromatic nitrogens is 1. The highest BCUT2D eigenvalue weighted by molar-refractivity contribution is 9.10. The molecule has 28 heavy (non-hydrogen) atoms. The summed E-state index contributed by atoms with van der Waals surface area (Å²) >= 11 is 3.59. The zero-order chi connectivity index (χ0) is 19.5. The van der Waals surface area contributed by atoms with Crippen LogP contribution in [-0.4, -0.2) is 17.7 Å². The summed E-state index contributed by atoms with van der Waals surface area (Å²) in [5.41, 5.74) is 2.73. The van der Waals surface area contributed by atoms with Gasteiger partial charge in [0.1, 0.15) is 5.75 Å². The highest BCUT2D eigenvalue weighted by Gasteiger charge is 2.21. The zero-order valence-corrected chi connectivity index (χ0v) is 17.0. The Morgan fingerprint density at radius 1 is 1.00 bits per heavy atom. The van der Waals surface area contributed by atoms with Gasteiger partial charge in [0.2, 0.25) is 0 Å². The Morgan fingerprint density at radius 3 is 2.50 bits per heavy atom. The van der Waals surface area contributed by atoms with Gasteiger partial charge in [0, 0.05) is 16.1 Å². The second kappa shape index (κ2) is 7.90. The van der Waals surface area contributed by atoms with Crippen molar-refractivity contribution in [2.45, 2.75) is 6.54 Å². The van der Waals surface area contributed by atoms with E-state index in [4.69, 9.17) is 4.74 Å². The third-order valence-corrected chi connectivity index (χ3v) is 5.33. The minimum absolute atomic E-state index is 0.115. The maximum absolute atomic E-state index is 13.6. The topological polar surface area (TPSA) is 34.5 Å².